The van der Waals surface area contributed by atoms with E-state index in [0.29, 0.717) is 6.61 Å². The Balaban J connectivity index is 1.91. The number of ether oxygens (including phenoxy) is 1. The van der Waals surface area contributed by atoms with E-state index in [9.17, 15) is 4.79 Å². The molecule has 0 atom stereocenters. The van der Waals surface area contributed by atoms with Gasteiger partial charge in [0, 0.05) is 5.41 Å². The molecule has 4 nitrogen and oxygen atoms in total. The molecule has 3 aliphatic heterocycles. The number of fused-ring (bicyclic) bond motifs is 3. The Hall–Kier alpha value is -0.770. The summed E-state index contributed by atoms with van der Waals surface area (Å²) in [5.41, 5.74) is 5.22. The fourth-order valence-corrected chi connectivity index (χ4v) is 2.34. The van der Waals surface area contributed by atoms with Crippen LogP contribution in [0.15, 0.2) is 0 Å². The summed E-state index contributed by atoms with van der Waals surface area (Å²) in [6.45, 7) is 3.99. The molecule has 0 aromatic rings. The van der Waals surface area contributed by atoms with Gasteiger partial charge in [0.05, 0.1) is 6.61 Å². The largest absolute Gasteiger partial charge is 0.449 e. The minimum atomic E-state index is -0.637. The highest BCUT2D eigenvalue weighted by Gasteiger charge is 2.40. The minimum Gasteiger partial charge on any atom is -0.449 e. The van der Waals surface area contributed by atoms with Crippen LogP contribution in [0.3, 0.4) is 0 Å². The number of rotatable bonds is 2. The van der Waals surface area contributed by atoms with E-state index in [2.05, 4.69) is 4.90 Å². The van der Waals surface area contributed by atoms with Crippen LogP contribution in [0.1, 0.15) is 19.3 Å². The molecule has 3 rings (SSSR count). The normalized spacial score (nSPS) is 37.4. The summed E-state index contributed by atoms with van der Waals surface area (Å²) in [5, 5.41) is 0. The molecule has 0 aliphatic carbocycles. The van der Waals surface area contributed by atoms with Gasteiger partial charge in [-0.2, -0.15) is 0 Å². The van der Waals surface area contributed by atoms with Gasteiger partial charge in [-0.3, -0.25) is 0 Å². The predicted octanol–water partition coefficient (Wildman–Crippen LogP) is 0.568. The molecular weight excluding hydrogens is 168 g/mol. The van der Waals surface area contributed by atoms with E-state index in [-0.39, 0.29) is 5.41 Å². The second-order valence-electron chi connectivity index (χ2n) is 4.20. The van der Waals surface area contributed by atoms with Crippen LogP contribution in [0.25, 0.3) is 0 Å². The molecule has 2 bridgehead atoms. The molecular formula is C9H16N2O2. The Kier molecular flexibility index (Phi) is 2.15. The van der Waals surface area contributed by atoms with E-state index in [1.807, 2.05) is 0 Å². The molecule has 0 aromatic carbocycles. The lowest BCUT2D eigenvalue weighted by atomic mass is 9.73. The number of amides is 1. The molecule has 13 heavy (non-hydrogen) atoms. The van der Waals surface area contributed by atoms with Gasteiger partial charge in [0.2, 0.25) is 0 Å². The molecule has 0 radical (unpaired) electrons. The summed E-state index contributed by atoms with van der Waals surface area (Å²) in [4.78, 5) is 13.0. The van der Waals surface area contributed by atoms with Gasteiger partial charge in [0.1, 0.15) is 0 Å². The van der Waals surface area contributed by atoms with Gasteiger partial charge in [-0.25, -0.2) is 4.79 Å². The van der Waals surface area contributed by atoms with E-state index in [0.717, 1.165) is 38.9 Å². The molecule has 3 saturated heterocycles. The van der Waals surface area contributed by atoms with E-state index in [4.69, 9.17) is 10.5 Å². The number of carbonyl (C=O) groups is 1. The van der Waals surface area contributed by atoms with E-state index >= 15 is 0 Å². The van der Waals surface area contributed by atoms with Gasteiger partial charge in [-0.05, 0) is 38.9 Å². The Morgan fingerprint density at radius 3 is 2.31 bits per heavy atom. The first-order valence-corrected chi connectivity index (χ1v) is 4.85. The molecule has 0 unspecified atom stereocenters. The van der Waals surface area contributed by atoms with Crippen molar-refractivity contribution in [2.45, 2.75) is 19.3 Å². The highest BCUT2D eigenvalue weighted by molar-refractivity contribution is 5.64. The van der Waals surface area contributed by atoms with Gasteiger partial charge in [-0.15, -0.1) is 0 Å². The summed E-state index contributed by atoms with van der Waals surface area (Å²) in [5.74, 6) is 0. The fourth-order valence-electron chi connectivity index (χ4n) is 2.34. The van der Waals surface area contributed by atoms with Crippen molar-refractivity contribution >= 4 is 6.09 Å². The van der Waals surface area contributed by atoms with Gasteiger partial charge in [0.15, 0.2) is 0 Å². The Morgan fingerprint density at radius 2 is 1.85 bits per heavy atom. The zero-order chi connectivity index (χ0) is 9.31. The van der Waals surface area contributed by atoms with Crippen LogP contribution in [0.4, 0.5) is 4.79 Å². The lowest BCUT2D eigenvalue weighted by molar-refractivity contribution is -0.0198. The Labute approximate surface area is 78.0 Å². The third kappa shape index (κ3) is 1.77. The maximum Gasteiger partial charge on any atom is 0.404 e. The number of nitrogens with zero attached hydrogens (tertiary/aromatic N) is 1. The molecule has 0 aromatic heterocycles. The standard InChI is InChI=1S/C9H16N2O2/c10-8(12)13-7-9-1-4-11(5-2-9)6-3-9/h1-7H2,(H2,10,12). The van der Waals surface area contributed by atoms with Crippen LogP contribution < -0.4 is 5.73 Å². The highest BCUT2D eigenvalue weighted by atomic mass is 16.5. The molecule has 3 aliphatic rings. The maximum atomic E-state index is 10.5. The average Bonchev–Trinajstić information content (AvgIpc) is 2.18. The van der Waals surface area contributed by atoms with E-state index in [1.165, 1.54) is 0 Å². The Bertz CT molecular complexity index is 196. The van der Waals surface area contributed by atoms with Crippen molar-refractivity contribution in [1.82, 2.24) is 4.90 Å². The first-order chi connectivity index (χ1) is 6.20. The van der Waals surface area contributed by atoms with Crippen molar-refractivity contribution in [1.29, 1.82) is 0 Å². The van der Waals surface area contributed by atoms with Crippen molar-refractivity contribution in [2.75, 3.05) is 26.2 Å². The van der Waals surface area contributed by atoms with Crippen LogP contribution in [-0.2, 0) is 4.74 Å². The van der Waals surface area contributed by atoms with Crippen molar-refractivity contribution in [3.63, 3.8) is 0 Å². The second-order valence-corrected chi connectivity index (χ2v) is 4.20. The molecule has 2 N–H and O–H groups in total. The van der Waals surface area contributed by atoms with Crippen molar-refractivity contribution in [2.24, 2.45) is 11.1 Å². The summed E-state index contributed by atoms with van der Waals surface area (Å²) < 4.78 is 4.92. The summed E-state index contributed by atoms with van der Waals surface area (Å²) in [6.07, 6.45) is 2.82. The summed E-state index contributed by atoms with van der Waals surface area (Å²) in [6, 6.07) is 0. The monoisotopic (exact) mass is 184 g/mol. The molecule has 3 heterocycles. The fraction of sp³-hybridized carbons (Fsp3) is 0.889. The molecule has 74 valence electrons. The van der Waals surface area contributed by atoms with Crippen molar-refractivity contribution < 1.29 is 9.53 Å². The van der Waals surface area contributed by atoms with Crippen LogP contribution in [0.5, 0.6) is 0 Å². The molecule has 0 spiro atoms. The quantitative estimate of drug-likeness (QED) is 0.682. The number of nitrogens with two attached hydrogens (primary N) is 1. The van der Waals surface area contributed by atoms with E-state index < -0.39 is 6.09 Å². The topological polar surface area (TPSA) is 55.6 Å². The van der Waals surface area contributed by atoms with Gasteiger partial charge < -0.3 is 15.4 Å². The zero-order valence-corrected chi connectivity index (χ0v) is 7.79. The first kappa shape index (κ1) is 8.81. The first-order valence-electron chi connectivity index (χ1n) is 4.85. The van der Waals surface area contributed by atoms with Crippen molar-refractivity contribution in [3.05, 3.63) is 0 Å². The van der Waals surface area contributed by atoms with Crippen LogP contribution in [0, 0.1) is 5.41 Å². The number of hydrogen-bond acceptors (Lipinski definition) is 3. The van der Waals surface area contributed by atoms with E-state index in [1.54, 1.807) is 0 Å². The zero-order valence-electron chi connectivity index (χ0n) is 7.79. The SMILES string of the molecule is NC(=O)OCC12CCN(CC1)CC2. The Morgan fingerprint density at radius 1 is 1.31 bits per heavy atom. The highest BCUT2D eigenvalue weighted by Crippen LogP contribution is 2.39. The maximum absolute atomic E-state index is 10.5. The van der Waals surface area contributed by atoms with Crippen LogP contribution in [-0.4, -0.2) is 37.2 Å². The number of hydrogen-bond donors (Lipinski definition) is 1. The van der Waals surface area contributed by atoms with Crippen LogP contribution >= 0.6 is 0 Å². The van der Waals surface area contributed by atoms with Crippen molar-refractivity contribution in [3.8, 4) is 0 Å². The lowest BCUT2D eigenvalue weighted by Crippen LogP contribution is -2.50. The van der Waals surface area contributed by atoms with Gasteiger partial charge in [-0.1, -0.05) is 0 Å². The lowest BCUT2D eigenvalue weighted by Gasteiger charge is -2.47. The van der Waals surface area contributed by atoms with Gasteiger partial charge in [0.25, 0.3) is 0 Å². The third-order valence-electron chi connectivity index (χ3n) is 3.40. The summed E-state index contributed by atoms with van der Waals surface area (Å²) >= 11 is 0. The number of primary amides is 1. The molecule has 3 fully saturated rings. The number of piperidine rings is 3. The smallest absolute Gasteiger partial charge is 0.404 e. The van der Waals surface area contributed by atoms with Gasteiger partial charge >= 0.3 is 6.09 Å². The third-order valence-corrected chi connectivity index (χ3v) is 3.40. The summed E-state index contributed by atoms with van der Waals surface area (Å²) in [7, 11) is 0. The number of carbonyl (C=O) groups excluding carboxylic acids is 1. The second kappa shape index (κ2) is 3.18. The average molecular weight is 184 g/mol. The minimum absolute atomic E-state index is 0.254. The molecule has 0 saturated carbocycles. The molecule has 1 amide bonds. The van der Waals surface area contributed by atoms with Crippen LogP contribution in [0.2, 0.25) is 0 Å². The predicted molar refractivity (Wildman–Crippen MR) is 48.3 cm³/mol. The molecule has 4 heteroatoms.